The molecule has 3 atom stereocenters. The highest BCUT2D eigenvalue weighted by Gasteiger charge is 2.72. The molecule has 0 aliphatic heterocycles. The van der Waals surface area contributed by atoms with Crippen LogP contribution in [-0.4, -0.2) is 48.2 Å². The Hall–Kier alpha value is -3.49. The number of nitrogens with one attached hydrogen (secondary N) is 2. The molecule has 2 aromatic rings. The molecule has 186 valence electrons. The van der Waals surface area contributed by atoms with Gasteiger partial charge in [-0.25, -0.2) is 13.6 Å². The molecule has 2 amide bonds. The number of hydrogen-bond acceptors (Lipinski definition) is 4. The van der Waals surface area contributed by atoms with Gasteiger partial charge in [-0.05, 0) is 27.7 Å². The smallest absolute Gasteiger partial charge is 0.407 e. The van der Waals surface area contributed by atoms with Gasteiger partial charge in [0.25, 0.3) is 5.92 Å². The van der Waals surface area contributed by atoms with Crippen LogP contribution in [0.25, 0.3) is 11.1 Å². The minimum Gasteiger partial charge on any atom is -0.481 e. The number of aliphatic carboxylic acids is 1. The molecule has 7 nitrogen and oxygen atoms in total. The number of benzene rings is 2. The molecule has 3 unspecified atom stereocenters. The Kier molecular flexibility index (Phi) is 6.29. The lowest BCUT2D eigenvalue weighted by Crippen LogP contribution is -2.54. The van der Waals surface area contributed by atoms with E-state index in [9.17, 15) is 23.2 Å². The summed E-state index contributed by atoms with van der Waals surface area (Å²) in [7, 11) is 0. The zero-order valence-corrected chi connectivity index (χ0v) is 19.7. The van der Waals surface area contributed by atoms with E-state index in [2.05, 4.69) is 10.6 Å². The zero-order chi connectivity index (χ0) is 25.5. The molecule has 1 fully saturated rings. The van der Waals surface area contributed by atoms with Gasteiger partial charge in [0.05, 0.1) is 5.92 Å². The van der Waals surface area contributed by atoms with Gasteiger partial charge >= 0.3 is 12.1 Å². The van der Waals surface area contributed by atoms with Gasteiger partial charge in [-0.1, -0.05) is 69.3 Å². The maximum atomic E-state index is 13.6. The molecule has 2 aliphatic carbocycles. The SMILES string of the molecule is CC(C)(C)C(NC(=O)OCC1c2ccccc2-c2ccccc21)C(=O)NCC1C(C(=O)O)C1(F)F. The molecular formula is C26H28F2N2O5. The highest BCUT2D eigenvalue weighted by molar-refractivity contribution is 5.87. The Labute approximate surface area is 201 Å². The van der Waals surface area contributed by atoms with E-state index in [4.69, 9.17) is 9.84 Å². The number of carboxylic acid groups (broad SMARTS) is 1. The van der Waals surface area contributed by atoms with Gasteiger partial charge in [-0.15, -0.1) is 0 Å². The Morgan fingerprint density at radius 1 is 1.03 bits per heavy atom. The van der Waals surface area contributed by atoms with Gasteiger partial charge in [0.1, 0.15) is 18.6 Å². The normalized spacial score (nSPS) is 20.8. The molecule has 0 aromatic heterocycles. The van der Waals surface area contributed by atoms with Crippen LogP contribution < -0.4 is 10.6 Å². The fraction of sp³-hybridized carbons (Fsp3) is 0.423. The predicted molar refractivity (Wildman–Crippen MR) is 124 cm³/mol. The van der Waals surface area contributed by atoms with Crippen LogP contribution in [0.1, 0.15) is 37.8 Å². The average molecular weight is 487 g/mol. The summed E-state index contributed by atoms with van der Waals surface area (Å²) in [6.45, 7) is 4.71. The molecule has 35 heavy (non-hydrogen) atoms. The van der Waals surface area contributed by atoms with Gasteiger partial charge in [0, 0.05) is 12.5 Å². The van der Waals surface area contributed by atoms with E-state index in [0.29, 0.717) is 0 Å². The second kappa shape index (κ2) is 8.94. The molecule has 2 aliphatic rings. The van der Waals surface area contributed by atoms with Crippen LogP contribution in [0, 0.1) is 17.3 Å². The summed E-state index contributed by atoms with van der Waals surface area (Å²) in [5, 5.41) is 13.8. The molecule has 4 rings (SSSR count). The number of hydrogen-bond donors (Lipinski definition) is 3. The summed E-state index contributed by atoms with van der Waals surface area (Å²) in [5.41, 5.74) is 3.50. The number of alkyl halides is 2. The van der Waals surface area contributed by atoms with Crippen molar-refractivity contribution in [3.63, 3.8) is 0 Å². The molecular weight excluding hydrogens is 458 g/mol. The zero-order valence-electron chi connectivity index (χ0n) is 19.7. The van der Waals surface area contributed by atoms with Crippen LogP contribution >= 0.6 is 0 Å². The van der Waals surface area contributed by atoms with E-state index in [1.165, 1.54) is 0 Å². The summed E-state index contributed by atoms with van der Waals surface area (Å²) >= 11 is 0. The third-order valence-corrected chi connectivity index (χ3v) is 6.70. The Bertz CT molecular complexity index is 1110. The Morgan fingerprint density at radius 3 is 2.06 bits per heavy atom. The second-order valence-electron chi connectivity index (χ2n) is 10.1. The van der Waals surface area contributed by atoms with Crippen LogP contribution in [0.3, 0.4) is 0 Å². The highest BCUT2D eigenvalue weighted by Crippen LogP contribution is 2.55. The summed E-state index contributed by atoms with van der Waals surface area (Å²) < 4.78 is 32.8. The molecule has 1 saturated carbocycles. The van der Waals surface area contributed by atoms with Crippen molar-refractivity contribution in [2.24, 2.45) is 17.3 Å². The maximum Gasteiger partial charge on any atom is 0.407 e. The number of ether oxygens (including phenoxy) is 1. The first kappa shape index (κ1) is 24.6. The highest BCUT2D eigenvalue weighted by atomic mass is 19.3. The number of carbonyl (C=O) groups is 3. The van der Waals surface area contributed by atoms with Gasteiger partial charge in [0.2, 0.25) is 5.91 Å². The number of fused-ring (bicyclic) bond motifs is 3. The minimum atomic E-state index is -3.36. The molecule has 0 saturated heterocycles. The fourth-order valence-electron chi connectivity index (χ4n) is 4.73. The largest absolute Gasteiger partial charge is 0.481 e. The summed E-state index contributed by atoms with van der Waals surface area (Å²) in [5.74, 6) is -9.09. The molecule has 0 spiro atoms. The van der Waals surface area contributed by atoms with Crippen molar-refractivity contribution in [1.82, 2.24) is 10.6 Å². The number of amides is 2. The number of rotatable bonds is 7. The van der Waals surface area contributed by atoms with E-state index >= 15 is 0 Å². The molecule has 3 N–H and O–H groups in total. The second-order valence-corrected chi connectivity index (χ2v) is 10.1. The van der Waals surface area contributed by atoms with E-state index in [-0.39, 0.29) is 12.5 Å². The van der Waals surface area contributed by atoms with Crippen LogP contribution in [0.4, 0.5) is 13.6 Å². The minimum absolute atomic E-state index is 0.0624. The summed E-state index contributed by atoms with van der Waals surface area (Å²) in [4.78, 5) is 36.4. The van der Waals surface area contributed by atoms with Gasteiger partial charge in [-0.3, -0.25) is 9.59 Å². The van der Waals surface area contributed by atoms with Gasteiger partial charge in [-0.2, -0.15) is 0 Å². The van der Waals surface area contributed by atoms with Crippen molar-refractivity contribution in [3.8, 4) is 11.1 Å². The molecule has 0 heterocycles. The lowest BCUT2D eigenvalue weighted by Gasteiger charge is -2.30. The third kappa shape index (κ3) is 4.72. The van der Waals surface area contributed by atoms with Crippen molar-refractivity contribution < 1.29 is 33.0 Å². The standard InChI is InChI=1S/C26H28F2N2O5/c1-25(2,3)21(22(31)29-12-19-20(23(32)33)26(19,27)28)30-24(34)35-13-18-16-10-6-4-8-14(16)15-9-5-7-11-17(15)18/h4-11,18-21H,12-13H2,1-3H3,(H,29,31)(H,30,34)(H,32,33). The first-order chi connectivity index (χ1) is 16.4. The van der Waals surface area contributed by atoms with Crippen LogP contribution in [0.15, 0.2) is 48.5 Å². The first-order valence-electron chi connectivity index (χ1n) is 11.4. The first-order valence-corrected chi connectivity index (χ1v) is 11.4. The van der Waals surface area contributed by atoms with E-state index in [0.717, 1.165) is 22.3 Å². The van der Waals surface area contributed by atoms with Crippen LogP contribution in [0.2, 0.25) is 0 Å². The van der Waals surface area contributed by atoms with Crippen molar-refractivity contribution in [1.29, 1.82) is 0 Å². The molecule has 0 bridgehead atoms. The number of halogens is 2. The van der Waals surface area contributed by atoms with E-state index < -0.39 is 53.7 Å². The number of alkyl carbamates (subject to hydrolysis) is 1. The summed E-state index contributed by atoms with van der Waals surface area (Å²) in [6.07, 6.45) is -0.804. The average Bonchev–Trinajstić information content (AvgIpc) is 3.21. The van der Waals surface area contributed by atoms with Crippen LogP contribution in [0.5, 0.6) is 0 Å². The molecule has 2 aromatic carbocycles. The topological polar surface area (TPSA) is 105 Å². The lowest BCUT2D eigenvalue weighted by molar-refractivity contribution is -0.141. The van der Waals surface area contributed by atoms with Gasteiger partial charge in [0.15, 0.2) is 0 Å². The van der Waals surface area contributed by atoms with Crippen molar-refractivity contribution >= 4 is 18.0 Å². The molecule has 9 heteroatoms. The quantitative estimate of drug-likeness (QED) is 0.548. The van der Waals surface area contributed by atoms with E-state index in [1.807, 2.05) is 48.5 Å². The fourth-order valence-corrected chi connectivity index (χ4v) is 4.73. The monoisotopic (exact) mass is 486 g/mol. The number of carboxylic acids is 1. The Balaban J connectivity index is 1.38. The van der Waals surface area contributed by atoms with Gasteiger partial charge < -0.3 is 20.5 Å². The summed E-state index contributed by atoms with van der Waals surface area (Å²) in [6, 6.07) is 14.7. The predicted octanol–water partition coefficient (Wildman–Crippen LogP) is 4.02. The van der Waals surface area contributed by atoms with Crippen LogP contribution in [-0.2, 0) is 14.3 Å². The number of carbonyl (C=O) groups excluding carboxylic acids is 2. The van der Waals surface area contributed by atoms with Crippen molar-refractivity contribution in [2.45, 2.75) is 38.7 Å². The lowest BCUT2D eigenvalue weighted by atomic mass is 9.86. The maximum absolute atomic E-state index is 13.6. The van der Waals surface area contributed by atoms with Crippen molar-refractivity contribution in [2.75, 3.05) is 13.2 Å². The third-order valence-electron chi connectivity index (χ3n) is 6.70. The Morgan fingerprint density at radius 2 is 1.57 bits per heavy atom. The van der Waals surface area contributed by atoms with E-state index in [1.54, 1.807) is 20.8 Å². The molecule has 0 radical (unpaired) electrons. The van der Waals surface area contributed by atoms with Crippen molar-refractivity contribution in [3.05, 3.63) is 59.7 Å².